The molecule has 0 spiro atoms. The lowest BCUT2D eigenvalue weighted by Crippen LogP contribution is -2.35. The van der Waals surface area contributed by atoms with Crippen molar-refractivity contribution in [1.29, 1.82) is 0 Å². The molecule has 2 aromatic rings. The molecule has 1 N–H and O–H groups in total. The van der Waals surface area contributed by atoms with E-state index in [1.54, 1.807) is 11.3 Å². The molecule has 0 unspecified atom stereocenters. The van der Waals surface area contributed by atoms with Crippen molar-refractivity contribution >= 4 is 11.3 Å². The zero-order valence-electron chi connectivity index (χ0n) is 16.1. The van der Waals surface area contributed by atoms with Crippen LogP contribution in [0.25, 0.3) is 0 Å². The molecule has 2 heterocycles. The largest absolute Gasteiger partial charge is 0.304 e. The van der Waals surface area contributed by atoms with E-state index in [2.05, 4.69) is 80.5 Å². The molecule has 3 nitrogen and oxygen atoms in total. The van der Waals surface area contributed by atoms with Gasteiger partial charge in [0.2, 0.25) is 0 Å². The van der Waals surface area contributed by atoms with Crippen molar-refractivity contribution in [2.24, 2.45) is 0 Å². The maximum Gasteiger partial charge on any atom is 0.110 e. The minimum Gasteiger partial charge on any atom is -0.304 e. The van der Waals surface area contributed by atoms with Crippen molar-refractivity contribution in [3.8, 4) is 0 Å². The summed E-state index contributed by atoms with van der Waals surface area (Å²) in [5, 5.41) is 7.22. The van der Waals surface area contributed by atoms with Crippen LogP contribution in [0.2, 0.25) is 0 Å². The van der Waals surface area contributed by atoms with Crippen LogP contribution in [0.15, 0.2) is 35.7 Å². The Morgan fingerprint density at radius 1 is 1.20 bits per heavy atom. The monoisotopic (exact) mass is 357 g/mol. The maximum absolute atomic E-state index is 4.87. The summed E-state index contributed by atoms with van der Waals surface area (Å²) >= 11 is 1.78. The Bertz CT molecular complexity index is 674. The van der Waals surface area contributed by atoms with Gasteiger partial charge in [-0.05, 0) is 25.8 Å². The number of benzene rings is 1. The molecule has 25 heavy (non-hydrogen) atoms. The highest BCUT2D eigenvalue weighted by atomic mass is 32.1. The van der Waals surface area contributed by atoms with Gasteiger partial charge >= 0.3 is 0 Å². The van der Waals surface area contributed by atoms with Crippen molar-refractivity contribution < 1.29 is 0 Å². The Balaban J connectivity index is 1.57. The van der Waals surface area contributed by atoms with E-state index in [1.165, 1.54) is 22.7 Å². The van der Waals surface area contributed by atoms with Crippen LogP contribution in [-0.2, 0) is 5.41 Å². The predicted molar refractivity (Wildman–Crippen MR) is 107 cm³/mol. The maximum atomic E-state index is 4.87. The fourth-order valence-corrected chi connectivity index (χ4v) is 4.54. The Morgan fingerprint density at radius 2 is 1.92 bits per heavy atom. The summed E-state index contributed by atoms with van der Waals surface area (Å²) in [6.45, 7) is 13.5. The van der Waals surface area contributed by atoms with Crippen LogP contribution in [0.3, 0.4) is 0 Å². The van der Waals surface area contributed by atoms with E-state index in [9.17, 15) is 0 Å². The summed E-state index contributed by atoms with van der Waals surface area (Å²) in [5.74, 6) is 0. The van der Waals surface area contributed by atoms with Crippen LogP contribution >= 0.6 is 11.3 Å². The molecule has 3 atom stereocenters. The highest BCUT2D eigenvalue weighted by Crippen LogP contribution is 2.29. The molecule has 0 amide bonds. The number of likely N-dealkylation sites (tertiary alicyclic amines) is 1. The first-order chi connectivity index (χ1) is 11.8. The summed E-state index contributed by atoms with van der Waals surface area (Å²) in [6.07, 6.45) is 1.21. The Labute approximate surface area is 156 Å². The molecular formula is C21H31N3S. The molecule has 0 bridgehead atoms. The van der Waals surface area contributed by atoms with Crippen LogP contribution in [0.5, 0.6) is 0 Å². The number of rotatable bonds is 5. The zero-order chi connectivity index (χ0) is 18.0. The molecule has 1 fully saturated rings. The number of hydrogen-bond acceptors (Lipinski definition) is 4. The van der Waals surface area contributed by atoms with Crippen LogP contribution < -0.4 is 5.32 Å². The van der Waals surface area contributed by atoms with Crippen molar-refractivity contribution in [3.63, 3.8) is 0 Å². The van der Waals surface area contributed by atoms with Crippen molar-refractivity contribution in [2.45, 2.75) is 64.6 Å². The molecular weight excluding hydrogens is 326 g/mol. The van der Waals surface area contributed by atoms with Crippen LogP contribution in [-0.4, -0.2) is 29.0 Å². The van der Waals surface area contributed by atoms with E-state index in [1.807, 2.05) is 0 Å². The lowest BCUT2D eigenvalue weighted by atomic mass is 9.93. The number of nitrogens with one attached hydrogen (secondary N) is 1. The zero-order valence-corrected chi connectivity index (χ0v) is 16.9. The van der Waals surface area contributed by atoms with E-state index < -0.39 is 0 Å². The summed E-state index contributed by atoms with van der Waals surface area (Å²) < 4.78 is 0. The van der Waals surface area contributed by atoms with Crippen LogP contribution in [0.1, 0.15) is 69.4 Å². The number of nitrogens with zero attached hydrogens (tertiary/aromatic N) is 2. The van der Waals surface area contributed by atoms with Gasteiger partial charge in [0.15, 0.2) is 0 Å². The van der Waals surface area contributed by atoms with Gasteiger partial charge in [-0.3, -0.25) is 4.90 Å². The van der Waals surface area contributed by atoms with E-state index >= 15 is 0 Å². The third kappa shape index (κ3) is 4.49. The molecule has 4 heteroatoms. The van der Waals surface area contributed by atoms with E-state index in [-0.39, 0.29) is 5.41 Å². The number of aromatic nitrogens is 1. The first-order valence-electron chi connectivity index (χ1n) is 9.35. The summed E-state index contributed by atoms with van der Waals surface area (Å²) in [6, 6.07) is 12.2. The first kappa shape index (κ1) is 18.6. The average molecular weight is 358 g/mol. The molecule has 0 aliphatic carbocycles. The van der Waals surface area contributed by atoms with Gasteiger partial charge in [0.1, 0.15) is 5.01 Å². The first-order valence-corrected chi connectivity index (χ1v) is 10.2. The summed E-state index contributed by atoms with van der Waals surface area (Å²) in [5.41, 5.74) is 2.74. The smallest absolute Gasteiger partial charge is 0.110 e. The minimum absolute atomic E-state index is 0.129. The Hall–Kier alpha value is -1.23. The van der Waals surface area contributed by atoms with Gasteiger partial charge in [-0.25, -0.2) is 4.98 Å². The second-order valence-corrected chi connectivity index (χ2v) is 9.17. The van der Waals surface area contributed by atoms with Crippen LogP contribution in [0, 0.1) is 0 Å². The van der Waals surface area contributed by atoms with Crippen LogP contribution in [0.4, 0.5) is 0 Å². The normalized spacial score (nSPS) is 21.4. The van der Waals surface area contributed by atoms with Gasteiger partial charge in [-0.2, -0.15) is 0 Å². The Kier molecular flexibility index (Phi) is 5.62. The lowest BCUT2D eigenvalue weighted by Gasteiger charge is -2.25. The number of thiazole rings is 1. The summed E-state index contributed by atoms with van der Waals surface area (Å²) in [7, 11) is 0. The van der Waals surface area contributed by atoms with Gasteiger partial charge in [0.25, 0.3) is 0 Å². The van der Waals surface area contributed by atoms with Gasteiger partial charge < -0.3 is 5.32 Å². The lowest BCUT2D eigenvalue weighted by molar-refractivity contribution is 0.253. The minimum atomic E-state index is 0.129. The summed E-state index contributed by atoms with van der Waals surface area (Å²) in [4.78, 5) is 7.45. The Morgan fingerprint density at radius 3 is 2.56 bits per heavy atom. The molecule has 1 aromatic heterocycles. The molecule has 1 aromatic carbocycles. The standard InChI is InChI=1S/C21H31N3S/c1-15(20-23-19(14-25-20)21(3,4)5)22-18-11-12-24(13-18)16(2)17-9-7-6-8-10-17/h6-10,14-16,18,22H,11-13H2,1-5H3/t15-,16+,18+/m0/s1. The SMILES string of the molecule is C[C@H](N[C@@H]1CCN([C@H](C)c2ccccc2)C1)c1nc(C(C)(C)C)cs1. The molecule has 0 radical (unpaired) electrons. The molecule has 1 saturated heterocycles. The topological polar surface area (TPSA) is 28.2 Å². The molecule has 1 aliphatic rings. The quantitative estimate of drug-likeness (QED) is 0.822. The fourth-order valence-electron chi connectivity index (χ4n) is 3.47. The molecule has 3 rings (SSSR count). The second kappa shape index (κ2) is 7.56. The third-order valence-corrected chi connectivity index (χ3v) is 6.22. The van der Waals surface area contributed by atoms with E-state index in [0.717, 1.165) is 13.1 Å². The van der Waals surface area contributed by atoms with Gasteiger partial charge in [-0.15, -0.1) is 11.3 Å². The average Bonchev–Trinajstić information content (AvgIpc) is 3.24. The predicted octanol–water partition coefficient (Wildman–Crippen LogP) is 4.93. The van der Waals surface area contributed by atoms with Crippen molar-refractivity contribution in [3.05, 3.63) is 52.0 Å². The number of hydrogen-bond donors (Lipinski definition) is 1. The highest BCUT2D eigenvalue weighted by Gasteiger charge is 2.28. The molecule has 1 aliphatic heterocycles. The van der Waals surface area contributed by atoms with Gasteiger partial charge in [0.05, 0.1) is 11.7 Å². The van der Waals surface area contributed by atoms with Gasteiger partial charge in [-0.1, -0.05) is 51.1 Å². The van der Waals surface area contributed by atoms with Gasteiger partial charge in [0, 0.05) is 36.0 Å². The van der Waals surface area contributed by atoms with Crippen molar-refractivity contribution in [1.82, 2.24) is 15.2 Å². The van der Waals surface area contributed by atoms with E-state index in [0.29, 0.717) is 18.1 Å². The molecule has 136 valence electrons. The van der Waals surface area contributed by atoms with E-state index in [4.69, 9.17) is 4.98 Å². The second-order valence-electron chi connectivity index (χ2n) is 8.28. The fraction of sp³-hybridized carbons (Fsp3) is 0.571. The third-order valence-electron chi connectivity index (χ3n) is 5.20. The molecule has 0 saturated carbocycles. The van der Waals surface area contributed by atoms with Crippen molar-refractivity contribution in [2.75, 3.05) is 13.1 Å². The highest BCUT2D eigenvalue weighted by molar-refractivity contribution is 7.09.